The van der Waals surface area contributed by atoms with E-state index in [4.69, 9.17) is 4.74 Å². The number of sulfonamides is 1. The number of hydrogen-bond acceptors (Lipinski definition) is 4. The number of nitrogens with zero attached hydrogens (tertiary/aromatic N) is 2. The van der Waals surface area contributed by atoms with E-state index in [-0.39, 0.29) is 11.3 Å². The number of carbonyl (C=O) groups is 1. The molecule has 1 saturated carbocycles. The van der Waals surface area contributed by atoms with Crippen molar-refractivity contribution in [3.05, 3.63) is 0 Å². The number of ether oxygens (including phenoxy) is 1. The summed E-state index contributed by atoms with van der Waals surface area (Å²) in [6.45, 7) is 2.64. The molecule has 1 aliphatic heterocycles. The summed E-state index contributed by atoms with van der Waals surface area (Å²) in [5.41, 5.74) is 0. The second kappa shape index (κ2) is 6.06. The number of hydrogen-bond donors (Lipinski definition) is 1. The lowest BCUT2D eigenvalue weighted by molar-refractivity contribution is 0.163. The van der Waals surface area contributed by atoms with Crippen LogP contribution in [0.3, 0.4) is 0 Å². The van der Waals surface area contributed by atoms with Gasteiger partial charge in [-0.2, -0.15) is 4.31 Å². The average Bonchev–Trinajstić information content (AvgIpc) is 3.24. The summed E-state index contributed by atoms with van der Waals surface area (Å²) in [5, 5.41) is 2.56. The molecule has 1 saturated heterocycles. The lowest BCUT2D eigenvalue weighted by atomic mass is 10.4. The van der Waals surface area contributed by atoms with Gasteiger partial charge in [-0.25, -0.2) is 13.2 Å². The molecule has 110 valence electrons. The molecule has 2 aliphatic rings. The zero-order chi connectivity index (χ0) is 13.9. The molecule has 0 radical (unpaired) electrons. The van der Waals surface area contributed by atoms with Crippen molar-refractivity contribution in [1.82, 2.24) is 14.5 Å². The maximum atomic E-state index is 12.0. The van der Waals surface area contributed by atoms with Crippen LogP contribution in [0.25, 0.3) is 0 Å². The van der Waals surface area contributed by atoms with Crippen molar-refractivity contribution in [2.45, 2.75) is 18.1 Å². The highest BCUT2D eigenvalue weighted by Crippen LogP contribution is 2.31. The zero-order valence-electron chi connectivity index (χ0n) is 11.2. The van der Waals surface area contributed by atoms with Crippen LogP contribution in [-0.4, -0.2) is 75.3 Å². The first-order chi connectivity index (χ1) is 9.05. The predicted molar refractivity (Wildman–Crippen MR) is 70.4 cm³/mol. The molecule has 2 amide bonds. The van der Waals surface area contributed by atoms with E-state index >= 15 is 0 Å². The highest BCUT2D eigenvalue weighted by atomic mass is 32.2. The Morgan fingerprint density at radius 2 is 1.89 bits per heavy atom. The standard InChI is InChI=1S/C11H21N3O4S/c1-18-9-4-12-11(15)13-5-7-14(8-6-13)19(16,17)10-2-3-10/h10H,2-9H2,1H3,(H,12,15). The molecule has 2 rings (SSSR count). The third-order valence-electron chi connectivity index (χ3n) is 3.41. The maximum absolute atomic E-state index is 12.0. The van der Waals surface area contributed by atoms with Gasteiger partial charge >= 0.3 is 6.03 Å². The number of carbonyl (C=O) groups excluding carboxylic acids is 1. The summed E-state index contributed by atoms with van der Waals surface area (Å²) in [6, 6.07) is -0.152. The fourth-order valence-electron chi connectivity index (χ4n) is 2.09. The molecule has 0 aromatic heterocycles. The van der Waals surface area contributed by atoms with Gasteiger partial charge in [0.05, 0.1) is 11.9 Å². The van der Waals surface area contributed by atoms with E-state index in [1.807, 2.05) is 0 Å². The molecule has 0 atom stereocenters. The third-order valence-corrected chi connectivity index (χ3v) is 5.81. The highest BCUT2D eigenvalue weighted by molar-refractivity contribution is 7.90. The molecule has 1 heterocycles. The van der Waals surface area contributed by atoms with E-state index in [0.29, 0.717) is 39.3 Å². The second-order valence-corrected chi connectivity index (χ2v) is 7.07. The minimum Gasteiger partial charge on any atom is -0.383 e. The van der Waals surface area contributed by atoms with Crippen LogP contribution in [0, 0.1) is 0 Å². The van der Waals surface area contributed by atoms with Crippen LogP contribution in [0.15, 0.2) is 0 Å². The molecule has 1 aliphatic carbocycles. The topological polar surface area (TPSA) is 79.0 Å². The van der Waals surface area contributed by atoms with E-state index in [0.717, 1.165) is 12.8 Å². The fraction of sp³-hybridized carbons (Fsp3) is 0.909. The van der Waals surface area contributed by atoms with Gasteiger partial charge in [-0.1, -0.05) is 0 Å². The molecule has 2 fully saturated rings. The number of rotatable bonds is 5. The van der Waals surface area contributed by atoms with Gasteiger partial charge in [-0.3, -0.25) is 0 Å². The smallest absolute Gasteiger partial charge is 0.317 e. The molecule has 19 heavy (non-hydrogen) atoms. The third kappa shape index (κ3) is 3.58. The molecule has 8 heteroatoms. The highest BCUT2D eigenvalue weighted by Gasteiger charge is 2.41. The van der Waals surface area contributed by atoms with E-state index in [2.05, 4.69) is 5.32 Å². The quantitative estimate of drug-likeness (QED) is 0.690. The Labute approximate surface area is 113 Å². The van der Waals surface area contributed by atoms with E-state index < -0.39 is 10.0 Å². The van der Waals surface area contributed by atoms with Gasteiger partial charge in [-0.05, 0) is 12.8 Å². The molecular formula is C11H21N3O4S. The molecule has 0 aromatic rings. The van der Waals surface area contributed by atoms with Crippen LogP contribution in [0.1, 0.15) is 12.8 Å². The van der Waals surface area contributed by atoms with Crippen LogP contribution >= 0.6 is 0 Å². The average molecular weight is 291 g/mol. The van der Waals surface area contributed by atoms with Crippen molar-refractivity contribution >= 4 is 16.1 Å². The Kier molecular flexibility index (Phi) is 4.64. The minimum absolute atomic E-state index is 0.152. The van der Waals surface area contributed by atoms with Gasteiger partial charge in [0.25, 0.3) is 0 Å². The molecule has 7 nitrogen and oxygen atoms in total. The van der Waals surface area contributed by atoms with Gasteiger partial charge in [0.1, 0.15) is 0 Å². The van der Waals surface area contributed by atoms with Crippen molar-refractivity contribution in [3.8, 4) is 0 Å². The Morgan fingerprint density at radius 1 is 1.26 bits per heavy atom. The van der Waals surface area contributed by atoms with Crippen molar-refractivity contribution in [2.75, 3.05) is 46.4 Å². The van der Waals surface area contributed by atoms with Gasteiger partial charge in [0.15, 0.2) is 0 Å². The van der Waals surface area contributed by atoms with E-state index in [1.165, 1.54) is 4.31 Å². The summed E-state index contributed by atoms with van der Waals surface area (Å²) in [7, 11) is -1.53. The van der Waals surface area contributed by atoms with Gasteiger partial charge in [0, 0.05) is 39.8 Å². The van der Waals surface area contributed by atoms with Crippen LogP contribution in [0.2, 0.25) is 0 Å². The Bertz CT molecular complexity index is 414. The summed E-state index contributed by atoms with van der Waals surface area (Å²) in [4.78, 5) is 13.4. The maximum Gasteiger partial charge on any atom is 0.317 e. The van der Waals surface area contributed by atoms with E-state index in [1.54, 1.807) is 12.0 Å². The number of nitrogens with one attached hydrogen (secondary N) is 1. The van der Waals surface area contributed by atoms with Crippen molar-refractivity contribution in [2.24, 2.45) is 0 Å². The molecular weight excluding hydrogens is 270 g/mol. The molecule has 0 spiro atoms. The summed E-state index contributed by atoms with van der Waals surface area (Å²) < 4.78 is 30.4. The van der Waals surface area contributed by atoms with Crippen molar-refractivity contribution in [1.29, 1.82) is 0 Å². The van der Waals surface area contributed by atoms with Gasteiger partial charge < -0.3 is 15.0 Å². The van der Waals surface area contributed by atoms with Crippen LogP contribution in [0.5, 0.6) is 0 Å². The number of urea groups is 1. The SMILES string of the molecule is COCCNC(=O)N1CCN(S(=O)(=O)C2CC2)CC1. The predicted octanol–water partition coefficient (Wildman–Crippen LogP) is -0.548. The number of amides is 2. The molecule has 1 N–H and O–H groups in total. The molecule has 0 bridgehead atoms. The first-order valence-corrected chi connectivity index (χ1v) is 8.06. The largest absolute Gasteiger partial charge is 0.383 e. The van der Waals surface area contributed by atoms with E-state index in [9.17, 15) is 13.2 Å². The zero-order valence-corrected chi connectivity index (χ0v) is 12.0. The summed E-state index contributed by atoms with van der Waals surface area (Å²) in [5.74, 6) is 0. The molecule has 0 unspecified atom stereocenters. The second-order valence-electron chi connectivity index (χ2n) is 4.86. The Balaban J connectivity index is 1.77. The number of methoxy groups -OCH3 is 1. The lowest BCUT2D eigenvalue weighted by Crippen LogP contribution is -2.53. The van der Waals surface area contributed by atoms with Gasteiger partial charge in [-0.15, -0.1) is 0 Å². The first kappa shape index (κ1) is 14.5. The Hall–Kier alpha value is -0.860. The summed E-state index contributed by atoms with van der Waals surface area (Å²) >= 11 is 0. The molecule has 0 aromatic carbocycles. The van der Waals surface area contributed by atoms with Crippen LogP contribution < -0.4 is 5.32 Å². The minimum atomic E-state index is -3.10. The normalized spacial score (nSPS) is 21.4. The number of piperazine rings is 1. The van der Waals surface area contributed by atoms with Crippen molar-refractivity contribution in [3.63, 3.8) is 0 Å². The Morgan fingerprint density at radius 3 is 2.42 bits per heavy atom. The first-order valence-electron chi connectivity index (χ1n) is 6.56. The van der Waals surface area contributed by atoms with Gasteiger partial charge in [0.2, 0.25) is 10.0 Å². The van der Waals surface area contributed by atoms with Crippen molar-refractivity contribution < 1.29 is 17.9 Å². The lowest BCUT2D eigenvalue weighted by Gasteiger charge is -2.34. The summed E-state index contributed by atoms with van der Waals surface area (Å²) in [6.07, 6.45) is 1.56. The fourth-order valence-corrected chi connectivity index (χ4v) is 3.92. The monoisotopic (exact) mass is 291 g/mol. The van der Waals surface area contributed by atoms with Crippen LogP contribution in [0.4, 0.5) is 4.79 Å². The van der Waals surface area contributed by atoms with Crippen LogP contribution in [-0.2, 0) is 14.8 Å².